The first kappa shape index (κ1) is 144. The Morgan fingerprint density at radius 1 is 0.194 bits per heavy atom. The molecule has 0 aliphatic carbocycles. The number of carbonyl (C=O) groups is 3. The Morgan fingerprint density at radius 3 is 0.548 bits per heavy atom. The van der Waals surface area contributed by atoms with Gasteiger partial charge < -0.3 is 4.74 Å². The molecule has 0 amide bonds. The molecule has 0 fully saturated rings. The van der Waals surface area contributed by atoms with Crippen LogP contribution in [0.15, 0.2) is 364 Å². The van der Waals surface area contributed by atoms with E-state index in [0.29, 0.717) is 0 Å². The van der Waals surface area contributed by atoms with Crippen LogP contribution in [0, 0.1) is 0 Å². The number of esters is 1. The summed E-state index contributed by atoms with van der Waals surface area (Å²) in [6, 6.07) is 102. The van der Waals surface area contributed by atoms with Crippen LogP contribution >= 0.6 is 0 Å². The van der Waals surface area contributed by atoms with Crippen molar-refractivity contribution in [3.63, 3.8) is 0 Å². The third-order valence-corrected chi connectivity index (χ3v) is 11.7. The molecule has 0 aliphatic heterocycles. The molecule has 0 radical (unpaired) electrons. The molecule has 10 nitrogen and oxygen atoms in total. The van der Waals surface area contributed by atoms with Gasteiger partial charge in [-0.15, -0.1) is 0 Å². The van der Waals surface area contributed by atoms with Gasteiger partial charge in [-0.25, -0.2) is 4.79 Å². The van der Waals surface area contributed by atoms with Crippen LogP contribution in [-0.4, -0.2) is 24.6 Å². The third-order valence-electron chi connectivity index (χ3n) is 11.7. The first-order valence-electron chi connectivity index (χ1n) is 46.8. The van der Waals surface area contributed by atoms with Crippen molar-refractivity contribution in [2.24, 2.45) is 30.7 Å². The summed E-state index contributed by atoms with van der Waals surface area (Å²) in [5.41, 5.74) is 11.5. The summed E-state index contributed by atoms with van der Waals surface area (Å²) in [6.45, 7) is 80.0. The van der Waals surface area contributed by atoms with Gasteiger partial charge in [-0.05, 0) is 107 Å². The van der Waals surface area contributed by atoms with E-state index >= 15 is 0 Å². The molecule has 0 aromatic heterocycles. The highest BCUT2D eigenvalue weighted by Crippen LogP contribution is 2.27. The maximum absolute atomic E-state index is 11.8. The lowest BCUT2D eigenvalue weighted by Crippen LogP contribution is -1.99. The summed E-state index contributed by atoms with van der Waals surface area (Å²) < 4.78 is 4.45. The molecule has 0 spiro atoms. The minimum absolute atomic E-state index is 0.0319. The first-order valence-corrected chi connectivity index (χ1v) is 46.8. The van der Waals surface area contributed by atoms with Crippen molar-refractivity contribution in [2.45, 2.75) is 277 Å². The third kappa shape index (κ3) is 86.9. The summed E-state index contributed by atoms with van der Waals surface area (Å²) >= 11 is 0. The van der Waals surface area contributed by atoms with Gasteiger partial charge in [-0.3, -0.25) is 9.59 Å². The number of azo groups is 3. The molecule has 690 valence electrons. The van der Waals surface area contributed by atoms with E-state index in [2.05, 4.69) is 35.4 Å². The highest BCUT2D eigenvalue weighted by atomic mass is 16.5. The number of methoxy groups -OCH3 is 1. The predicted octanol–water partition coefficient (Wildman–Crippen LogP) is 41.2. The second-order valence-corrected chi connectivity index (χ2v) is 17.8. The van der Waals surface area contributed by atoms with Gasteiger partial charge in [0.1, 0.15) is 0 Å². The lowest BCUT2D eigenvalue weighted by molar-refractivity contribution is -0.134. The molecule has 11 aromatic rings. The fraction of sp³-hybridized carbons (Fsp3) is 0.360. The first-order chi connectivity index (χ1) is 61.4. The van der Waals surface area contributed by atoms with E-state index in [9.17, 15) is 14.4 Å². The van der Waals surface area contributed by atoms with Gasteiger partial charge in [-0.2, -0.15) is 30.7 Å². The Hall–Kier alpha value is -11.5. The van der Waals surface area contributed by atoms with Crippen molar-refractivity contribution in [3.8, 4) is 11.1 Å². The van der Waals surface area contributed by atoms with Gasteiger partial charge in [0.2, 0.25) is 0 Å². The van der Waals surface area contributed by atoms with E-state index in [4.69, 9.17) is 0 Å². The molecule has 0 N–H and O–H groups in total. The van der Waals surface area contributed by atoms with Crippen LogP contribution in [0.2, 0.25) is 0 Å². The minimum atomic E-state index is -0.334. The second kappa shape index (κ2) is 135. The number of carbonyl (C=O) groups excluding carboxylic acids is 3. The molecule has 0 saturated heterocycles. The zero-order valence-corrected chi connectivity index (χ0v) is 86.2. The normalized spacial score (nSPS) is 8.14. The molecule has 0 saturated carbocycles. The molecular weight excluding hydrogens is 1520 g/mol. The van der Waals surface area contributed by atoms with Crippen molar-refractivity contribution in [2.75, 3.05) is 7.11 Å². The Morgan fingerprint density at radius 2 is 0.355 bits per heavy atom. The number of hydrogen-bond donors (Lipinski definition) is 0. The standard InChI is InChI=1S/C24H18N4.C15H12O.C13H10O.C12H10N2.C10H10O2.20C2H6/c1-3-7-21(8-4-1)25-27-23-15-11-19(12-16-23)20-13-17-24(18-14-20)28-26-22-9-5-2-6-10-22;16-15(14-9-5-2-6-10-14)12-11-13-7-3-1-4-8-13;14-13(11-7-3-1-4-8-11)12-9-5-2-6-10-12;1-3-7-11(8-4-1)13-14-12-9-5-2-6-10-12;1-12-10(11)8-7-9-5-3-2-4-6-9;20*1-2/h1-18H;1-12H;2*1-10H;2-8H,1H3;20*1-2H3. The quantitative estimate of drug-likeness (QED) is 0.0464. The van der Waals surface area contributed by atoms with Crippen LogP contribution in [0.25, 0.3) is 23.3 Å². The SMILES string of the molecule is CC.CC.CC.CC.CC.CC.CC.CC.CC.CC.CC.CC.CC.CC.CC.CC.CC.CC.CC.CC.COC(=O)C=Cc1ccccc1.O=C(C=Cc1ccccc1)c1ccccc1.O=C(c1ccccc1)c1ccccc1.c1ccc(N=Nc2ccc(-c3ccc(N=Nc4ccccc4)cc3)cc2)cc1.c1ccc(N=Nc2ccccc2)cc1. The smallest absolute Gasteiger partial charge is 0.330 e. The highest BCUT2D eigenvalue weighted by molar-refractivity contribution is 6.09. The number of benzene rings is 11. The number of allylic oxidation sites excluding steroid dienone is 1. The molecular formula is C114H180N6O4. The number of hydrogen-bond acceptors (Lipinski definition) is 10. The van der Waals surface area contributed by atoms with Crippen LogP contribution in [-0.2, 0) is 9.53 Å². The van der Waals surface area contributed by atoms with Crippen LogP contribution in [0.5, 0.6) is 0 Å². The monoisotopic (exact) mass is 1700 g/mol. The van der Waals surface area contributed by atoms with Crippen molar-refractivity contribution in [3.05, 3.63) is 361 Å². The van der Waals surface area contributed by atoms with E-state index in [1.165, 1.54) is 13.2 Å². The highest BCUT2D eigenvalue weighted by Gasteiger charge is 2.07. The number of ketones is 2. The average Bonchev–Trinajstić information content (AvgIpc) is 0.853. The summed E-state index contributed by atoms with van der Waals surface area (Å²) in [6.07, 6.45) is 6.54. The number of ether oxygens (including phenoxy) is 1. The summed E-state index contributed by atoms with van der Waals surface area (Å²) in [5, 5.41) is 25.2. The zero-order chi connectivity index (χ0) is 98.5. The lowest BCUT2D eigenvalue weighted by Gasteiger charge is -2.02. The number of nitrogens with zero attached hydrogens (tertiary/aromatic N) is 6. The molecule has 0 bridgehead atoms. The zero-order valence-electron chi connectivity index (χ0n) is 86.2. The molecule has 0 unspecified atom stereocenters. The molecule has 124 heavy (non-hydrogen) atoms. The minimum Gasteiger partial charge on any atom is -0.466 e. The topological polar surface area (TPSA) is 135 Å². The van der Waals surface area contributed by atoms with Gasteiger partial charge in [0.05, 0.1) is 41.2 Å². The van der Waals surface area contributed by atoms with Crippen LogP contribution in [0.4, 0.5) is 34.1 Å². The maximum Gasteiger partial charge on any atom is 0.330 e. The fourth-order valence-corrected chi connectivity index (χ4v) is 7.34. The van der Waals surface area contributed by atoms with Gasteiger partial charge in [-0.1, -0.05) is 532 Å². The Bertz CT molecular complexity index is 3630. The van der Waals surface area contributed by atoms with E-state index in [-0.39, 0.29) is 17.5 Å². The predicted molar refractivity (Wildman–Crippen MR) is 567 cm³/mol. The maximum atomic E-state index is 11.8. The largest absolute Gasteiger partial charge is 0.466 e. The molecule has 0 atom stereocenters. The van der Waals surface area contributed by atoms with Crippen molar-refractivity contribution < 1.29 is 19.1 Å². The summed E-state index contributed by atoms with van der Waals surface area (Å²) in [7, 11) is 1.36. The fourth-order valence-electron chi connectivity index (χ4n) is 7.34. The summed E-state index contributed by atoms with van der Waals surface area (Å²) in [4.78, 5) is 34.3. The van der Waals surface area contributed by atoms with E-state index in [1.54, 1.807) is 12.2 Å². The van der Waals surface area contributed by atoms with Gasteiger partial charge in [0, 0.05) is 22.8 Å². The Labute approximate surface area is 765 Å². The average molecular weight is 1700 g/mol. The molecule has 11 rings (SSSR count). The lowest BCUT2D eigenvalue weighted by atomic mass is 10.0. The molecule has 10 heteroatoms. The van der Waals surface area contributed by atoms with E-state index in [1.807, 2.05) is 605 Å². The second-order valence-electron chi connectivity index (χ2n) is 17.8. The van der Waals surface area contributed by atoms with Gasteiger partial charge in [0.15, 0.2) is 11.6 Å². The Kier molecular flexibility index (Phi) is 157. The molecule has 0 heterocycles. The van der Waals surface area contributed by atoms with Crippen LogP contribution < -0.4 is 0 Å². The Balaban J connectivity index is -0.0000000939. The van der Waals surface area contributed by atoms with E-state index in [0.717, 1.165) is 73.1 Å². The van der Waals surface area contributed by atoms with Crippen LogP contribution in [0.3, 0.4) is 0 Å². The molecule has 0 aliphatic rings. The summed E-state index contributed by atoms with van der Waals surface area (Å²) in [5.74, 6) is -0.227. The van der Waals surface area contributed by atoms with Gasteiger partial charge >= 0.3 is 5.97 Å². The van der Waals surface area contributed by atoms with Gasteiger partial charge in [0.25, 0.3) is 0 Å². The van der Waals surface area contributed by atoms with Crippen molar-refractivity contribution in [1.29, 1.82) is 0 Å². The van der Waals surface area contributed by atoms with Crippen molar-refractivity contribution in [1.82, 2.24) is 0 Å². The van der Waals surface area contributed by atoms with Crippen LogP contribution in [0.1, 0.15) is 314 Å². The number of rotatable bonds is 14. The van der Waals surface area contributed by atoms with E-state index < -0.39 is 0 Å². The molecule has 11 aromatic carbocycles. The van der Waals surface area contributed by atoms with Crippen molar-refractivity contribution >= 4 is 63.8 Å².